The van der Waals surface area contributed by atoms with Crippen LogP contribution in [0.4, 0.5) is 34.1 Å². The van der Waals surface area contributed by atoms with Gasteiger partial charge in [-0.15, -0.1) is 0 Å². The van der Waals surface area contributed by atoms with E-state index in [4.69, 9.17) is 0 Å². The van der Waals surface area contributed by atoms with Crippen LogP contribution >= 0.6 is 0 Å². The topological polar surface area (TPSA) is 6.48 Å². The van der Waals surface area contributed by atoms with Crippen LogP contribution in [-0.4, -0.2) is 0 Å². The molecule has 0 N–H and O–H groups in total. The molecule has 0 fully saturated rings. The number of nitrogens with zero attached hydrogens (tertiary/aromatic N) is 2. The van der Waals surface area contributed by atoms with E-state index in [-0.39, 0.29) is 10.8 Å². The maximum atomic E-state index is 2.52. The van der Waals surface area contributed by atoms with Crippen LogP contribution in [0.1, 0.15) is 94.5 Å². The lowest BCUT2D eigenvalue weighted by atomic mass is 9.70. The van der Waals surface area contributed by atoms with E-state index < -0.39 is 10.8 Å². The van der Waals surface area contributed by atoms with Gasteiger partial charge in [-0.2, -0.15) is 0 Å². The minimum atomic E-state index is -0.473. The van der Waals surface area contributed by atoms with Crippen molar-refractivity contribution in [2.45, 2.75) is 49.4 Å². The number of benzene rings is 16. The second-order valence-electron chi connectivity index (χ2n) is 31.0. The summed E-state index contributed by atoms with van der Waals surface area (Å²) >= 11 is 0. The summed E-state index contributed by atoms with van der Waals surface area (Å²) in [7, 11) is 0. The van der Waals surface area contributed by atoms with Gasteiger partial charge < -0.3 is 9.80 Å². The third-order valence-corrected chi connectivity index (χ3v) is 25.1. The highest BCUT2D eigenvalue weighted by atomic mass is 15.1. The van der Waals surface area contributed by atoms with Crippen LogP contribution < -0.4 is 9.80 Å². The second-order valence-corrected chi connectivity index (χ2v) is 31.0. The predicted molar refractivity (Wildman–Crippen MR) is 440 cm³/mol. The summed E-state index contributed by atoms with van der Waals surface area (Å²) in [6, 6.07) is 138. The maximum Gasteiger partial charge on any atom is 0.0726 e. The molecule has 6 aliphatic carbocycles. The Morgan fingerprint density at radius 1 is 0.151 bits per heavy atom. The quantitative estimate of drug-likeness (QED) is 0.142. The third-order valence-electron chi connectivity index (χ3n) is 25.1. The molecule has 0 heterocycles. The summed E-state index contributed by atoms with van der Waals surface area (Å²) in [5.74, 6) is 0. The molecule has 0 saturated carbocycles. The van der Waals surface area contributed by atoms with E-state index in [9.17, 15) is 0 Å². The van der Waals surface area contributed by atoms with Gasteiger partial charge >= 0.3 is 0 Å². The van der Waals surface area contributed by atoms with Gasteiger partial charge in [0.2, 0.25) is 0 Å². The first-order chi connectivity index (χ1) is 52.1. The number of hydrogen-bond acceptors (Lipinski definition) is 2. The molecule has 498 valence electrons. The first-order valence-electron chi connectivity index (χ1n) is 37.4. The Hall–Kier alpha value is -12.9. The summed E-state index contributed by atoms with van der Waals surface area (Å²) in [5, 5.41) is 0. The lowest BCUT2D eigenvalue weighted by Gasteiger charge is -2.32. The van der Waals surface area contributed by atoms with Crippen molar-refractivity contribution in [1.29, 1.82) is 0 Å². The molecule has 0 bridgehead atoms. The average Bonchev–Trinajstić information content (AvgIpc) is 1.51. The Morgan fingerprint density at radius 3 is 0.887 bits per heavy atom. The summed E-state index contributed by atoms with van der Waals surface area (Å²) < 4.78 is 0. The van der Waals surface area contributed by atoms with Crippen molar-refractivity contribution in [2.24, 2.45) is 0 Å². The van der Waals surface area contributed by atoms with Crippen LogP contribution in [0.25, 0.3) is 100 Å². The van der Waals surface area contributed by atoms with E-state index in [2.05, 4.69) is 401 Å². The third kappa shape index (κ3) is 8.27. The zero-order chi connectivity index (χ0) is 70.4. The van der Waals surface area contributed by atoms with E-state index in [1.54, 1.807) is 0 Å². The lowest BCUT2D eigenvalue weighted by Crippen LogP contribution is -2.26. The molecule has 0 aromatic heterocycles. The molecule has 0 amide bonds. The fraction of sp³-hybridized carbons (Fsp3) is 0.0769. The molecule has 0 aliphatic heterocycles. The lowest BCUT2D eigenvalue weighted by molar-refractivity contribution is 0.660. The van der Waals surface area contributed by atoms with Crippen LogP contribution in [0.2, 0.25) is 0 Å². The van der Waals surface area contributed by atoms with Gasteiger partial charge in [0.25, 0.3) is 0 Å². The summed E-state index contributed by atoms with van der Waals surface area (Å²) in [6.45, 7) is 9.56. The van der Waals surface area contributed by atoms with Gasteiger partial charge in [0.1, 0.15) is 0 Å². The van der Waals surface area contributed by atoms with Crippen molar-refractivity contribution >= 4 is 34.1 Å². The Kier molecular flexibility index (Phi) is 12.8. The molecule has 106 heavy (non-hydrogen) atoms. The van der Waals surface area contributed by atoms with Gasteiger partial charge in [0.05, 0.1) is 10.8 Å². The van der Waals surface area contributed by atoms with Gasteiger partial charge in [-0.3, -0.25) is 0 Å². The molecule has 2 spiro atoms. The monoisotopic (exact) mass is 1350 g/mol. The molecule has 2 nitrogen and oxygen atoms in total. The molecule has 0 radical (unpaired) electrons. The number of rotatable bonds is 9. The van der Waals surface area contributed by atoms with Crippen LogP contribution in [0.5, 0.6) is 0 Å². The fourth-order valence-electron chi connectivity index (χ4n) is 20.4. The normalized spacial score (nSPS) is 14.7. The van der Waals surface area contributed by atoms with Crippen LogP contribution in [0.15, 0.2) is 364 Å². The highest BCUT2D eigenvalue weighted by Gasteiger charge is 2.54. The van der Waals surface area contributed by atoms with Crippen LogP contribution in [0, 0.1) is 0 Å². The number of fused-ring (bicyclic) bond motifs is 26. The largest absolute Gasteiger partial charge is 0.310 e. The Balaban J connectivity index is 0.618. The maximum absolute atomic E-state index is 2.52. The Labute approximate surface area is 620 Å². The number of anilines is 6. The molecule has 6 aliphatic rings. The van der Waals surface area contributed by atoms with Crippen molar-refractivity contribution in [2.75, 3.05) is 9.80 Å². The smallest absolute Gasteiger partial charge is 0.0726 e. The zero-order valence-electron chi connectivity index (χ0n) is 59.5. The van der Waals surface area contributed by atoms with E-state index in [1.165, 1.54) is 167 Å². The average molecular weight is 1350 g/mol. The van der Waals surface area contributed by atoms with Gasteiger partial charge in [0.15, 0.2) is 0 Å². The predicted octanol–water partition coefficient (Wildman–Crippen LogP) is 26.9. The van der Waals surface area contributed by atoms with E-state index in [0.717, 1.165) is 34.1 Å². The van der Waals surface area contributed by atoms with Crippen molar-refractivity contribution in [3.8, 4) is 100 Å². The van der Waals surface area contributed by atoms with E-state index in [0.29, 0.717) is 0 Å². The first kappa shape index (κ1) is 60.7. The zero-order valence-corrected chi connectivity index (χ0v) is 59.5. The molecule has 0 atom stereocenters. The van der Waals surface area contributed by atoms with Crippen molar-refractivity contribution in [3.63, 3.8) is 0 Å². The molecule has 16 aromatic carbocycles. The number of hydrogen-bond donors (Lipinski definition) is 0. The van der Waals surface area contributed by atoms with Crippen molar-refractivity contribution in [1.82, 2.24) is 0 Å². The SMILES string of the molecule is CC1(C)c2ccccc2-c2cc(N(c3ccc(-c4ccc(-c5ccc6c(c5)-c5ccc(N(c7cccc(-c8ccccc8)c7)c7ccc8c(c7)C7(c9ccccc9-c9ccccc97)c7ccccc7-8)cc5C6(C)C)cc4)cc3)c3ccc4c(c3)C3(c5ccccc5-c5ccccc53)c3ccccc3-4)ccc21. The minimum absolute atomic E-state index is 0.112. The van der Waals surface area contributed by atoms with Gasteiger partial charge in [-0.25, -0.2) is 0 Å². The first-order valence-corrected chi connectivity index (χ1v) is 37.4. The van der Waals surface area contributed by atoms with Gasteiger partial charge in [0, 0.05) is 45.0 Å². The second kappa shape index (κ2) is 22.3. The van der Waals surface area contributed by atoms with Gasteiger partial charge in [-0.05, 0) is 246 Å². The molecule has 0 saturated heterocycles. The Morgan fingerprint density at radius 2 is 0.415 bits per heavy atom. The van der Waals surface area contributed by atoms with Gasteiger partial charge in [-0.1, -0.05) is 313 Å². The highest BCUT2D eigenvalue weighted by Crippen LogP contribution is 2.66. The molecule has 0 unspecified atom stereocenters. The molecular formula is C104H72N2. The van der Waals surface area contributed by atoms with E-state index >= 15 is 0 Å². The molecule has 2 heteroatoms. The Bertz CT molecular complexity index is 6280. The minimum Gasteiger partial charge on any atom is -0.310 e. The standard InChI is InChI=1S/C104H72N2/c1-101(2)89-34-15-8-33-83(89)88-61-73(53-58-91(88)101)105(75-50-54-84-81-31-13-20-39-96(81)103(99(84)63-75)92-35-16-9-27-77(92)78-28-10-17-36-93(78)103)71-48-45-67(46-49-71)66-41-43-68(44-42-66)70-47-57-90-87(60-70)86-56-52-74(62-98(86)102(90,3)4)106(72-26-22-25-69(59-72)65-23-6-5-7-24-65)76-51-55-85-82-32-14-21-40-97(82)104(100(85)64-76)94-37-18-11-29-79(94)80-30-12-19-38-95(80)104/h5-64H,1-4H3. The highest BCUT2D eigenvalue weighted by molar-refractivity contribution is 6.00. The van der Waals surface area contributed by atoms with Crippen LogP contribution in [-0.2, 0) is 21.7 Å². The van der Waals surface area contributed by atoms with Crippen molar-refractivity contribution in [3.05, 3.63) is 431 Å². The molecule has 16 aromatic rings. The fourth-order valence-corrected chi connectivity index (χ4v) is 20.4. The van der Waals surface area contributed by atoms with E-state index in [1.807, 2.05) is 0 Å². The summed E-state index contributed by atoms with van der Waals surface area (Å²) in [5.41, 5.74) is 44.2. The summed E-state index contributed by atoms with van der Waals surface area (Å²) in [4.78, 5) is 5.01. The van der Waals surface area contributed by atoms with Crippen molar-refractivity contribution < 1.29 is 0 Å². The molecular weight excluding hydrogens is 1280 g/mol. The summed E-state index contributed by atoms with van der Waals surface area (Å²) in [6.07, 6.45) is 0. The molecule has 22 rings (SSSR count). The van der Waals surface area contributed by atoms with Crippen LogP contribution in [0.3, 0.4) is 0 Å².